The minimum atomic E-state index is -0.208. The highest BCUT2D eigenvalue weighted by atomic mass is 16.2. The van der Waals surface area contributed by atoms with Crippen LogP contribution < -0.4 is 5.32 Å². The first-order chi connectivity index (χ1) is 9.84. The molecule has 1 aliphatic carbocycles. The molecule has 2 aromatic heterocycles. The van der Waals surface area contributed by atoms with Gasteiger partial charge in [-0.15, -0.1) is 5.10 Å². The van der Waals surface area contributed by atoms with Gasteiger partial charge in [-0.3, -0.25) is 4.79 Å². The van der Waals surface area contributed by atoms with Crippen LogP contribution in [0, 0.1) is 19.3 Å². The molecule has 0 radical (unpaired) electrons. The Morgan fingerprint density at radius 2 is 2.14 bits per heavy atom. The highest BCUT2D eigenvalue weighted by molar-refractivity contribution is 5.91. The lowest BCUT2D eigenvalue weighted by molar-refractivity contribution is 0.0925. The molecule has 2 aromatic rings. The van der Waals surface area contributed by atoms with Crippen LogP contribution in [0.5, 0.6) is 0 Å². The van der Waals surface area contributed by atoms with E-state index in [2.05, 4.69) is 34.2 Å². The topological polar surface area (TPSA) is 72.2 Å². The van der Waals surface area contributed by atoms with Crippen LogP contribution in [-0.2, 0) is 0 Å². The molecule has 6 nitrogen and oxygen atoms in total. The van der Waals surface area contributed by atoms with Crippen LogP contribution in [0.1, 0.15) is 55.1 Å². The Bertz CT molecular complexity index is 703. The molecule has 1 fully saturated rings. The van der Waals surface area contributed by atoms with Crippen LogP contribution in [0.2, 0.25) is 0 Å². The second kappa shape index (κ2) is 4.79. The zero-order chi connectivity index (χ0) is 15.2. The Labute approximate surface area is 124 Å². The largest absolute Gasteiger partial charge is 0.347 e. The third kappa shape index (κ3) is 2.75. The molecular weight excluding hydrogens is 266 g/mol. The summed E-state index contributed by atoms with van der Waals surface area (Å²) < 4.78 is 1.61. The van der Waals surface area contributed by atoms with E-state index in [1.807, 2.05) is 19.9 Å². The van der Waals surface area contributed by atoms with Gasteiger partial charge in [-0.25, -0.2) is 9.50 Å². The van der Waals surface area contributed by atoms with E-state index in [9.17, 15) is 4.79 Å². The Hall–Kier alpha value is -1.98. The number of rotatable bonds is 2. The van der Waals surface area contributed by atoms with E-state index in [1.165, 1.54) is 0 Å². The van der Waals surface area contributed by atoms with Crippen molar-refractivity contribution < 1.29 is 4.79 Å². The van der Waals surface area contributed by atoms with Crippen LogP contribution in [-0.4, -0.2) is 31.5 Å². The predicted octanol–water partition coefficient (Wildman–Crippen LogP) is 2.05. The second-order valence-corrected chi connectivity index (χ2v) is 6.76. The second-order valence-electron chi connectivity index (χ2n) is 6.76. The number of nitrogens with zero attached hydrogens (tertiary/aromatic N) is 4. The maximum absolute atomic E-state index is 12.3. The van der Waals surface area contributed by atoms with Gasteiger partial charge >= 0.3 is 0 Å². The Balaban J connectivity index is 1.81. The zero-order valence-electron chi connectivity index (χ0n) is 13.0. The number of aryl methyl sites for hydroxylation is 2. The van der Waals surface area contributed by atoms with Gasteiger partial charge in [0.1, 0.15) is 0 Å². The van der Waals surface area contributed by atoms with Crippen molar-refractivity contribution >= 4 is 11.7 Å². The van der Waals surface area contributed by atoms with E-state index in [0.29, 0.717) is 11.2 Å². The average Bonchev–Trinajstić information content (AvgIpc) is 2.93. The maximum Gasteiger partial charge on any atom is 0.291 e. The Kier molecular flexibility index (Phi) is 3.19. The van der Waals surface area contributed by atoms with Crippen molar-refractivity contribution in [2.24, 2.45) is 5.41 Å². The Morgan fingerprint density at radius 3 is 2.81 bits per heavy atom. The summed E-state index contributed by atoms with van der Waals surface area (Å²) in [6.07, 6.45) is 3.15. The van der Waals surface area contributed by atoms with Crippen molar-refractivity contribution in [2.45, 2.75) is 53.0 Å². The lowest BCUT2D eigenvalue weighted by Gasteiger charge is -2.17. The summed E-state index contributed by atoms with van der Waals surface area (Å²) in [5.41, 5.74) is 2.10. The van der Waals surface area contributed by atoms with Crippen molar-refractivity contribution in [1.82, 2.24) is 24.9 Å². The number of nitrogens with one attached hydrogen (secondary N) is 1. The monoisotopic (exact) mass is 287 g/mol. The fourth-order valence-electron chi connectivity index (χ4n) is 3.07. The molecule has 21 heavy (non-hydrogen) atoms. The lowest BCUT2D eigenvalue weighted by Crippen LogP contribution is -2.34. The molecule has 3 rings (SSSR count). The predicted molar refractivity (Wildman–Crippen MR) is 79.1 cm³/mol. The SMILES string of the molecule is Cc1cc(C)n2nc(C(=O)NC3CCC(C)(C)C3)nc2n1. The first kappa shape index (κ1) is 14.0. The number of hydrogen-bond donors (Lipinski definition) is 1. The number of fused-ring (bicyclic) bond motifs is 1. The van der Waals surface area contributed by atoms with E-state index in [1.54, 1.807) is 4.52 Å². The molecule has 0 saturated heterocycles. The van der Waals surface area contributed by atoms with Crippen molar-refractivity contribution in [3.05, 3.63) is 23.3 Å². The number of carbonyl (C=O) groups is 1. The number of aromatic nitrogens is 4. The number of carbonyl (C=O) groups excluding carboxylic acids is 1. The molecule has 1 amide bonds. The summed E-state index contributed by atoms with van der Waals surface area (Å²) in [5.74, 6) is 0.463. The molecule has 2 heterocycles. The fourth-order valence-corrected chi connectivity index (χ4v) is 3.07. The van der Waals surface area contributed by atoms with E-state index in [4.69, 9.17) is 0 Å². The lowest BCUT2D eigenvalue weighted by atomic mass is 9.92. The van der Waals surface area contributed by atoms with Gasteiger partial charge in [0.05, 0.1) is 0 Å². The summed E-state index contributed by atoms with van der Waals surface area (Å²) in [5, 5.41) is 7.30. The first-order valence-corrected chi connectivity index (χ1v) is 7.36. The summed E-state index contributed by atoms with van der Waals surface area (Å²) in [4.78, 5) is 20.8. The fraction of sp³-hybridized carbons (Fsp3) is 0.600. The highest BCUT2D eigenvalue weighted by Gasteiger charge is 2.32. The first-order valence-electron chi connectivity index (χ1n) is 7.36. The standard InChI is InChI=1S/C15H21N5O/c1-9-7-10(2)20-14(16-9)18-12(19-20)13(21)17-11-5-6-15(3,4)8-11/h7,11H,5-6,8H2,1-4H3,(H,17,21). The summed E-state index contributed by atoms with van der Waals surface area (Å²) >= 11 is 0. The van der Waals surface area contributed by atoms with Crippen LogP contribution in [0.15, 0.2) is 6.07 Å². The summed E-state index contributed by atoms with van der Waals surface area (Å²) in [6, 6.07) is 2.14. The highest BCUT2D eigenvalue weighted by Crippen LogP contribution is 2.36. The minimum absolute atomic E-state index is 0.195. The molecule has 1 N–H and O–H groups in total. The van der Waals surface area contributed by atoms with Gasteiger partial charge in [-0.05, 0) is 44.6 Å². The molecule has 1 saturated carbocycles. The van der Waals surface area contributed by atoms with E-state index in [0.717, 1.165) is 30.7 Å². The van der Waals surface area contributed by atoms with Gasteiger partial charge in [0.25, 0.3) is 11.7 Å². The molecule has 0 aromatic carbocycles. The smallest absolute Gasteiger partial charge is 0.291 e. The van der Waals surface area contributed by atoms with Gasteiger partial charge in [-0.2, -0.15) is 4.98 Å². The molecule has 112 valence electrons. The van der Waals surface area contributed by atoms with Crippen molar-refractivity contribution in [2.75, 3.05) is 0 Å². The van der Waals surface area contributed by atoms with Crippen LogP contribution >= 0.6 is 0 Å². The average molecular weight is 287 g/mol. The van der Waals surface area contributed by atoms with Crippen LogP contribution in [0.25, 0.3) is 5.78 Å². The van der Waals surface area contributed by atoms with Crippen LogP contribution in [0.3, 0.4) is 0 Å². The third-order valence-electron chi connectivity index (χ3n) is 4.13. The third-order valence-corrected chi connectivity index (χ3v) is 4.13. The molecule has 1 aliphatic rings. The van der Waals surface area contributed by atoms with Gasteiger partial charge in [-0.1, -0.05) is 13.8 Å². The van der Waals surface area contributed by atoms with E-state index < -0.39 is 0 Å². The van der Waals surface area contributed by atoms with E-state index in [-0.39, 0.29) is 17.8 Å². The molecule has 0 bridgehead atoms. The van der Waals surface area contributed by atoms with Gasteiger partial charge in [0.15, 0.2) is 0 Å². The molecule has 1 unspecified atom stereocenters. The van der Waals surface area contributed by atoms with Crippen molar-refractivity contribution in [3.8, 4) is 0 Å². The summed E-state index contributed by atoms with van der Waals surface area (Å²) in [7, 11) is 0. The van der Waals surface area contributed by atoms with E-state index >= 15 is 0 Å². The quantitative estimate of drug-likeness (QED) is 0.917. The molecule has 0 aliphatic heterocycles. The Morgan fingerprint density at radius 1 is 1.38 bits per heavy atom. The van der Waals surface area contributed by atoms with Gasteiger partial charge in [0.2, 0.25) is 5.82 Å². The maximum atomic E-state index is 12.3. The van der Waals surface area contributed by atoms with Crippen molar-refractivity contribution in [1.29, 1.82) is 0 Å². The van der Waals surface area contributed by atoms with Gasteiger partial charge < -0.3 is 5.32 Å². The molecule has 1 atom stereocenters. The van der Waals surface area contributed by atoms with Gasteiger partial charge in [0, 0.05) is 17.4 Å². The minimum Gasteiger partial charge on any atom is -0.347 e. The molecule has 0 spiro atoms. The summed E-state index contributed by atoms with van der Waals surface area (Å²) in [6.45, 7) is 8.30. The van der Waals surface area contributed by atoms with Crippen molar-refractivity contribution in [3.63, 3.8) is 0 Å². The number of hydrogen-bond acceptors (Lipinski definition) is 4. The normalized spacial score (nSPS) is 20.9. The van der Waals surface area contributed by atoms with Crippen LogP contribution in [0.4, 0.5) is 0 Å². The molecular formula is C15H21N5O. The number of amides is 1. The zero-order valence-corrected chi connectivity index (χ0v) is 13.0. The molecule has 6 heteroatoms.